The van der Waals surface area contributed by atoms with E-state index < -0.39 is 0 Å². The summed E-state index contributed by atoms with van der Waals surface area (Å²) < 4.78 is 11.9. The number of nitrogens with zero attached hydrogens (tertiary/aromatic N) is 3. The Morgan fingerprint density at radius 2 is 2.12 bits per heavy atom. The maximum Gasteiger partial charge on any atom is 0.320 e. The summed E-state index contributed by atoms with van der Waals surface area (Å²) in [5, 5.41) is 0. The van der Waals surface area contributed by atoms with Crippen LogP contribution in [-0.4, -0.2) is 65.8 Å². The Kier molecular flexibility index (Phi) is 5.14. The van der Waals surface area contributed by atoms with Crippen molar-refractivity contribution in [1.29, 1.82) is 0 Å². The molecule has 142 valence electrons. The number of likely N-dealkylation sites (tertiary alicyclic amines) is 2. The van der Waals surface area contributed by atoms with E-state index in [4.69, 9.17) is 9.47 Å². The lowest BCUT2D eigenvalue weighted by molar-refractivity contribution is -0.121. The Morgan fingerprint density at radius 1 is 1.31 bits per heavy atom. The van der Waals surface area contributed by atoms with E-state index >= 15 is 0 Å². The molecule has 0 aliphatic carbocycles. The topological polar surface area (TPSA) is 54.9 Å². The summed E-state index contributed by atoms with van der Waals surface area (Å²) in [6, 6.07) is 6.21. The molecule has 26 heavy (non-hydrogen) atoms. The maximum absolute atomic E-state index is 12.5. The molecular weight excluding hydrogens is 330 g/mol. The summed E-state index contributed by atoms with van der Waals surface area (Å²) in [6.45, 7) is 7.37. The lowest BCUT2D eigenvalue weighted by atomic mass is 9.79. The van der Waals surface area contributed by atoms with Gasteiger partial charge in [-0.05, 0) is 50.7 Å². The molecule has 0 radical (unpaired) electrons. The summed E-state index contributed by atoms with van der Waals surface area (Å²) in [5.74, 6) is 0.482. The second-order valence-electron chi connectivity index (χ2n) is 7.84. The van der Waals surface area contributed by atoms with Crippen molar-refractivity contribution in [1.82, 2.24) is 14.8 Å². The lowest BCUT2D eigenvalue weighted by Gasteiger charge is -2.51. The maximum atomic E-state index is 12.5. The molecule has 0 N–H and O–H groups in total. The lowest BCUT2D eigenvalue weighted by Crippen LogP contribution is -2.67. The summed E-state index contributed by atoms with van der Waals surface area (Å²) in [6.07, 6.45) is 4.32. The summed E-state index contributed by atoms with van der Waals surface area (Å²) in [4.78, 5) is 20.9. The van der Waals surface area contributed by atoms with Gasteiger partial charge in [0.25, 0.3) is 0 Å². The van der Waals surface area contributed by atoms with Crippen molar-refractivity contribution in [3.63, 3.8) is 0 Å². The van der Waals surface area contributed by atoms with Gasteiger partial charge in [0.1, 0.15) is 5.60 Å². The van der Waals surface area contributed by atoms with Crippen LogP contribution in [0.3, 0.4) is 0 Å². The van der Waals surface area contributed by atoms with E-state index in [-0.39, 0.29) is 11.6 Å². The minimum atomic E-state index is -0.125. The van der Waals surface area contributed by atoms with Gasteiger partial charge in [0.2, 0.25) is 0 Å². The van der Waals surface area contributed by atoms with Gasteiger partial charge in [0.05, 0.1) is 25.4 Å². The molecule has 3 fully saturated rings. The normalized spacial score (nSPS) is 24.3. The van der Waals surface area contributed by atoms with Crippen molar-refractivity contribution in [2.75, 3.05) is 39.4 Å². The van der Waals surface area contributed by atoms with Crippen LogP contribution in [0, 0.1) is 12.8 Å². The smallest absolute Gasteiger partial charge is 0.320 e. The Morgan fingerprint density at radius 3 is 2.88 bits per heavy atom. The number of aryl methyl sites for hydroxylation is 1. The molecule has 0 unspecified atom stereocenters. The Bertz CT molecular complexity index is 639. The van der Waals surface area contributed by atoms with Crippen molar-refractivity contribution in [3.05, 3.63) is 29.6 Å². The van der Waals surface area contributed by atoms with Gasteiger partial charge in [-0.2, -0.15) is 0 Å². The van der Waals surface area contributed by atoms with Crippen molar-refractivity contribution >= 4 is 6.03 Å². The van der Waals surface area contributed by atoms with Gasteiger partial charge in [-0.3, -0.25) is 4.98 Å². The zero-order valence-electron chi connectivity index (χ0n) is 15.7. The molecule has 2 amide bonds. The molecule has 4 heterocycles. The highest BCUT2D eigenvalue weighted by Gasteiger charge is 2.54. The zero-order valence-corrected chi connectivity index (χ0v) is 15.7. The van der Waals surface area contributed by atoms with E-state index in [9.17, 15) is 4.79 Å². The van der Waals surface area contributed by atoms with Crippen LogP contribution < -0.4 is 0 Å². The van der Waals surface area contributed by atoms with Crippen LogP contribution in [0.1, 0.15) is 37.1 Å². The number of amides is 2. The first kappa shape index (κ1) is 17.7. The third kappa shape index (κ3) is 3.58. The van der Waals surface area contributed by atoms with Gasteiger partial charge in [-0.15, -0.1) is 0 Å². The number of pyridine rings is 1. The van der Waals surface area contributed by atoms with Crippen LogP contribution in [-0.2, 0) is 16.1 Å². The molecule has 6 heteroatoms. The zero-order chi connectivity index (χ0) is 18.0. The number of ether oxygens (including phenoxy) is 2. The van der Waals surface area contributed by atoms with Crippen LogP contribution in [0.25, 0.3) is 0 Å². The molecule has 1 spiro atoms. The van der Waals surface area contributed by atoms with E-state index in [2.05, 4.69) is 4.98 Å². The molecule has 1 aromatic rings. The van der Waals surface area contributed by atoms with Gasteiger partial charge in [-0.25, -0.2) is 4.79 Å². The molecule has 6 nitrogen and oxygen atoms in total. The Labute approximate surface area is 155 Å². The van der Waals surface area contributed by atoms with Crippen LogP contribution in [0.4, 0.5) is 4.79 Å². The monoisotopic (exact) mass is 359 g/mol. The van der Waals surface area contributed by atoms with E-state index in [0.717, 1.165) is 69.9 Å². The van der Waals surface area contributed by atoms with E-state index in [1.807, 2.05) is 34.9 Å². The first-order valence-corrected chi connectivity index (χ1v) is 9.84. The van der Waals surface area contributed by atoms with E-state index in [1.165, 1.54) is 0 Å². The number of carbonyl (C=O) groups excluding carboxylic acids is 1. The van der Waals surface area contributed by atoms with Crippen LogP contribution >= 0.6 is 0 Å². The standard InChI is InChI=1S/C20H29N3O3/c1-16-5-4-6-18(21-16)13-25-11-7-17-8-12-26-20(17)14-23(15-20)19(24)22-9-2-3-10-22/h4-6,17H,2-3,7-15H2,1H3/t17-/m0/s1. The van der Waals surface area contributed by atoms with Crippen molar-refractivity contribution < 1.29 is 14.3 Å². The number of rotatable bonds is 5. The second-order valence-corrected chi connectivity index (χ2v) is 7.84. The van der Waals surface area contributed by atoms with Crippen LogP contribution in [0.15, 0.2) is 18.2 Å². The number of urea groups is 1. The molecule has 3 saturated heterocycles. The van der Waals surface area contributed by atoms with Gasteiger partial charge in [0, 0.05) is 32.0 Å². The highest BCUT2D eigenvalue weighted by atomic mass is 16.5. The molecular formula is C20H29N3O3. The third-order valence-corrected chi connectivity index (χ3v) is 5.97. The summed E-state index contributed by atoms with van der Waals surface area (Å²) in [7, 11) is 0. The van der Waals surface area contributed by atoms with Crippen molar-refractivity contribution in [2.45, 2.75) is 44.8 Å². The Hall–Kier alpha value is -1.66. The molecule has 1 atom stereocenters. The molecule has 0 saturated carbocycles. The average Bonchev–Trinajstić information content (AvgIpc) is 3.26. The molecule has 0 bridgehead atoms. The molecule has 3 aliphatic rings. The highest BCUT2D eigenvalue weighted by Crippen LogP contribution is 2.42. The van der Waals surface area contributed by atoms with Crippen LogP contribution in [0.2, 0.25) is 0 Å². The second kappa shape index (κ2) is 7.53. The fourth-order valence-electron chi connectivity index (χ4n) is 4.47. The van der Waals surface area contributed by atoms with Crippen LogP contribution in [0.5, 0.6) is 0 Å². The van der Waals surface area contributed by atoms with Gasteiger partial charge >= 0.3 is 6.03 Å². The molecule has 3 aliphatic heterocycles. The summed E-state index contributed by atoms with van der Waals surface area (Å²) >= 11 is 0. The SMILES string of the molecule is Cc1cccc(COCC[C@H]2CCOC23CN(C(=O)N2CCCC2)C3)n1. The quantitative estimate of drug-likeness (QED) is 0.759. The molecule has 4 rings (SSSR count). The number of hydrogen-bond acceptors (Lipinski definition) is 4. The molecule has 0 aromatic carbocycles. The first-order chi connectivity index (χ1) is 12.7. The predicted molar refractivity (Wildman–Crippen MR) is 97.8 cm³/mol. The van der Waals surface area contributed by atoms with Crippen molar-refractivity contribution in [3.8, 4) is 0 Å². The average molecular weight is 359 g/mol. The fourth-order valence-corrected chi connectivity index (χ4v) is 4.47. The minimum Gasteiger partial charge on any atom is -0.375 e. The van der Waals surface area contributed by atoms with E-state index in [0.29, 0.717) is 19.1 Å². The van der Waals surface area contributed by atoms with Gasteiger partial charge in [-0.1, -0.05) is 6.07 Å². The van der Waals surface area contributed by atoms with Gasteiger partial charge in [0.15, 0.2) is 0 Å². The fraction of sp³-hybridized carbons (Fsp3) is 0.700. The van der Waals surface area contributed by atoms with Gasteiger partial charge < -0.3 is 19.3 Å². The summed E-state index contributed by atoms with van der Waals surface area (Å²) in [5.41, 5.74) is 1.88. The number of carbonyl (C=O) groups is 1. The predicted octanol–water partition coefficient (Wildman–Crippen LogP) is 2.60. The third-order valence-electron chi connectivity index (χ3n) is 5.97. The minimum absolute atomic E-state index is 0.125. The first-order valence-electron chi connectivity index (χ1n) is 9.84. The van der Waals surface area contributed by atoms with E-state index in [1.54, 1.807) is 0 Å². The highest BCUT2D eigenvalue weighted by molar-refractivity contribution is 5.76. The Balaban J connectivity index is 1.22. The van der Waals surface area contributed by atoms with Crippen molar-refractivity contribution in [2.24, 2.45) is 5.92 Å². The largest absolute Gasteiger partial charge is 0.375 e. The number of hydrogen-bond donors (Lipinski definition) is 0. The number of aromatic nitrogens is 1. The molecule has 1 aromatic heterocycles.